The van der Waals surface area contributed by atoms with Gasteiger partial charge in [0.25, 0.3) is 0 Å². The van der Waals surface area contributed by atoms with Gasteiger partial charge >= 0.3 is 5.95 Å². The van der Waals surface area contributed by atoms with E-state index in [2.05, 4.69) is 15.4 Å². The number of aromatic hydroxyl groups is 1. The van der Waals surface area contributed by atoms with E-state index in [0.29, 0.717) is 18.7 Å². The number of carbonyl (C=O) groups excluding carboxylic acids is 1. The average molecular weight is 305 g/mol. The van der Waals surface area contributed by atoms with Crippen LogP contribution in [-0.4, -0.2) is 30.7 Å². The summed E-state index contributed by atoms with van der Waals surface area (Å²) in [5.41, 5.74) is 1.28. The first kappa shape index (κ1) is 15.4. The summed E-state index contributed by atoms with van der Waals surface area (Å²) in [6, 6.07) is 4.93. The highest BCUT2D eigenvalue weighted by Crippen LogP contribution is 2.23. The zero-order chi connectivity index (χ0) is 16.1. The minimum atomic E-state index is -0.677. The van der Waals surface area contributed by atoms with Crippen molar-refractivity contribution in [1.82, 2.24) is 14.8 Å². The summed E-state index contributed by atoms with van der Waals surface area (Å²) in [6.45, 7) is 2.20. The number of phenols is 1. The van der Waals surface area contributed by atoms with Crippen LogP contribution in [0.1, 0.15) is 18.4 Å². The Morgan fingerprint density at radius 2 is 2.27 bits per heavy atom. The Morgan fingerprint density at radius 1 is 1.50 bits per heavy atom. The van der Waals surface area contributed by atoms with Gasteiger partial charge in [-0.3, -0.25) is 4.79 Å². The van der Waals surface area contributed by atoms with E-state index in [1.807, 2.05) is 6.92 Å². The first-order valence-corrected chi connectivity index (χ1v) is 6.59. The number of nitrogens with one attached hydrogen (secondary N) is 1. The third kappa shape index (κ3) is 4.01. The molecule has 1 amide bonds. The van der Waals surface area contributed by atoms with Crippen molar-refractivity contribution in [3.8, 4) is 5.75 Å². The summed E-state index contributed by atoms with van der Waals surface area (Å²) in [4.78, 5) is 25.1. The molecule has 0 aliphatic carbocycles. The first-order chi connectivity index (χ1) is 10.5. The zero-order valence-corrected chi connectivity index (χ0v) is 11.9. The van der Waals surface area contributed by atoms with Crippen molar-refractivity contribution in [2.75, 3.05) is 5.32 Å². The Kier molecular flexibility index (Phi) is 4.66. The molecule has 0 saturated heterocycles. The van der Waals surface area contributed by atoms with Gasteiger partial charge in [-0.05, 0) is 36.0 Å². The molecule has 0 radical (unpaired) electrons. The number of aromatic nitrogens is 3. The monoisotopic (exact) mass is 305 g/mol. The third-order valence-corrected chi connectivity index (χ3v) is 2.90. The molecule has 0 aliphatic rings. The number of hydrogen-bond donors (Lipinski definition) is 2. The molecule has 0 aliphatic heterocycles. The van der Waals surface area contributed by atoms with Crippen LogP contribution in [0.15, 0.2) is 24.5 Å². The van der Waals surface area contributed by atoms with Gasteiger partial charge in [0, 0.05) is 11.5 Å². The van der Waals surface area contributed by atoms with Gasteiger partial charge in [-0.2, -0.15) is 4.68 Å². The van der Waals surface area contributed by atoms with Crippen LogP contribution in [0.4, 0.5) is 11.6 Å². The molecule has 0 fully saturated rings. The van der Waals surface area contributed by atoms with Gasteiger partial charge in [0.2, 0.25) is 12.2 Å². The maximum Gasteiger partial charge on any atom is 0.490 e. The Bertz CT molecular complexity index is 697. The quantitative estimate of drug-likeness (QED) is 0.475. The van der Waals surface area contributed by atoms with Gasteiger partial charge in [0.05, 0.1) is 12.2 Å². The third-order valence-electron chi connectivity index (χ3n) is 2.90. The van der Waals surface area contributed by atoms with E-state index in [1.54, 1.807) is 12.1 Å². The lowest BCUT2D eigenvalue weighted by atomic mass is 10.2. The Balaban J connectivity index is 1.82. The molecule has 0 spiro atoms. The highest BCUT2D eigenvalue weighted by atomic mass is 16.6. The summed E-state index contributed by atoms with van der Waals surface area (Å²) in [5, 5.41) is 26.3. The summed E-state index contributed by atoms with van der Waals surface area (Å²) < 4.78 is 1.32. The van der Waals surface area contributed by atoms with Crippen molar-refractivity contribution >= 4 is 17.5 Å². The average Bonchev–Trinajstić information content (AvgIpc) is 2.92. The van der Waals surface area contributed by atoms with Gasteiger partial charge in [-0.25, -0.2) is 0 Å². The van der Waals surface area contributed by atoms with Gasteiger partial charge in [0.1, 0.15) is 5.75 Å². The van der Waals surface area contributed by atoms with Gasteiger partial charge in [-0.15, -0.1) is 0 Å². The van der Waals surface area contributed by atoms with Crippen LogP contribution in [0.5, 0.6) is 5.75 Å². The molecule has 0 atom stereocenters. The molecule has 0 saturated carbocycles. The highest BCUT2D eigenvalue weighted by molar-refractivity contribution is 5.92. The van der Waals surface area contributed by atoms with Crippen LogP contribution in [0.3, 0.4) is 0 Å². The first-order valence-electron chi connectivity index (χ1n) is 6.59. The molecule has 1 heterocycles. The molecular formula is C13H15N5O4. The van der Waals surface area contributed by atoms with Gasteiger partial charge < -0.3 is 20.5 Å². The molecule has 116 valence electrons. The minimum absolute atomic E-state index is 0.00542. The van der Waals surface area contributed by atoms with Crippen molar-refractivity contribution in [3.05, 3.63) is 40.2 Å². The summed E-state index contributed by atoms with van der Waals surface area (Å²) in [6.07, 6.45) is 1.89. The van der Waals surface area contributed by atoms with Crippen molar-refractivity contribution in [1.29, 1.82) is 0 Å². The minimum Gasteiger partial charge on any atom is -0.506 e. The second kappa shape index (κ2) is 6.66. The maximum absolute atomic E-state index is 11.8. The summed E-state index contributed by atoms with van der Waals surface area (Å²) in [7, 11) is 0. The van der Waals surface area contributed by atoms with Crippen molar-refractivity contribution in [3.63, 3.8) is 0 Å². The lowest BCUT2D eigenvalue weighted by molar-refractivity contribution is -0.394. The van der Waals surface area contributed by atoms with E-state index in [4.69, 9.17) is 0 Å². The van der Waals surface area contributed by atoms with Crippen LogP contribution in [0.2, 0.25) is 0 Å². The lowest BCUT2D eigenvalue weighted by Crippen LogP contribution is -2.13. The second-order valence-electron chi connectivity index (χ2n) is 4.74. The van der Waals surface area contributed by atoms with Crippen molar-refractivity contribution in [2.24, 2.45) is 0 Å². The number of anilines is 1. The van der Waals surface area contributed by atoms with Crippen LogP contribution >= 0.6 is 0 Å². The number of carbonyl (C=O) groups is 1. The number of benzene rings is 1. The molecule has 2 aromatic rings. The van der Waals surface area contributed by atoms with E-state index >= 15 is 0 Å². The molecule has 0 bridgehead atoms. The van der Waals surface area contributed by atoms with Crippen molar-refractivity contribution < 1.29 is 14.8 Å². The largest absolute Gasteiger partial charge is 0.506 e. The van der Waals surface area contributed by atoms with Gasteiger partial charge in [-0.1, -0.05) is 11.1 Å². The number of nitro groups is 1. The Hall–Kier alpha value is -2.97. The van der Waals surface area contributed by atoms with Crippen LogP contribution in [0, 0.1) is 17.0 Å². The zero-order valence-electron chi connectivity index (χ0n) is 11.9. The summed E-state index contributed by atoms with van der Waals surface area (Å²) >= 11 is 0. The fraction of sp³-hybridized carbons (Fsp3) is 0.308. The molecule has 1 aromatic heterocycles. The molecule has 9 nitrogen and oxygen atoms in total. The van der Waals surface area contributed by atoms with E-state index in [0.717, 1.165) is 5.56 Å². The van der Waals surface area contributed by atoms with Gasteiger partial charge in [0.15, 0.2) is 0 Å². The van der Waals surface area contributed by atoms with E-state index < -0.39 is 10.9 Å². The molecule has 22 heavy (non-hydrogen) atoms. The molecular weight excluding hydrogens is 290 g/mol. The molecule has 1 aromatic carbocycles. The number of hydrogen-bond acceptors (Lipinski definition) is 6. The normalized spacial score (nSPS) is 10.4. The highest BCUT2D eigenvalue weighted by Gasteiger charge is 2.13. The molecule has 0 unspecified atom stereocenters. The van der Waals surface area contributed by atoms with Crippen LogP contribution in [0.25, 0.3) is 0 Å². The van der Waals surface area contributed by atoms with Crippen LogP contribution in [-0.2, 0) is 11.3 Å². The number of phenolic OH excluding ortho intramolecular Hbond substituents is 1. The maximum atomic E-state index is 11.8. The topological polar surface area (TPSA) is 123 Å². The molecule has 2 N–H and O–H groups in total. The SMILES string of the molecule is Cc1ccc(O)c(NC(=O)CCCn2cnc([N+](=O)[O-])n2)c1. The fourth-order valence-corrected chi connectivity index (χ4v) is 1.84. The Morgan fingerprint density at radius 3 is 2.95 bits per heavy atom. The predicted octanol–water partition coefficient (Wildman–Crippen LogP) is 1.62. The number of aryl methyl sites for hydroxylation is 2. The second-order valence-corrected chi connectivity index (χ2v) is 4.74. The van der Waals surface area contributed by atoms with E-state index in [9.17, 15) is 20.0 Å². The number of nitrogens with zero attached hydrogens (tertiary/aromatic N) is 4. The summed E-state index contributed by atoms with van der Waals surface area (Å²) in [5.74, 6) is -0.712. The van der Waals surface area contributed by atoms with Crippen LogP contribution < -0.4 is 5.32 Å². The Labute approximate surface area is 125 Å². The lowest BCUT2D eigenvalue weighted by Gasteiger charge is -2.07. The predicted molar refractivity (Wildman–Crippen MR) is 77.4 cm³/mol. The van der Waals surface area contributed by atoms with E-state index in [1.165, 1.54) is 17.1 Å². The number of amides is 1. The number of rotatable bonds is 6. The fourth-order valence-electron chi connectivity index (χ4n) is 1.84. The van der Waals surface area contributed by atoms with Crippen molar-refractivity contribution in [2.45, 2.75) is 26.3 Å². The molecule has 2 rings (SSSR count). The van der Waals surface area contributed by atoms with E-state index in [-0.39, 0.29) is 18.1 Å². The standard InChI is InChI=1S/C13H15N5O4/c1-9-4-5-11(19)10(7-9)15-12(20)3-2-6-17-8-14-13(16-17)18(21)22/h4-5,7-8,19H,2-3,6H2,1H3,(H,15,20). The molecule has 9 heteroatoms. The smallest absolute Gasteiger partial charge is 0.490 e.